The average Bonchev–Trinajstić information content (AvgIpc) is 3.38. The molecular formula is C29H42N2O6. The number of aromatic nitrogens is 2. The molecule has 1 aromatic carbocycles. The maximum atomic E-state index is 13.3. The van der Waals surface area contributed by atoms with E-state index in [0.29, 0.717) is 6.42 Å². The summed E-state index contributed by atoms with van der Waals surface area (Å²) in [5.41, 5.74) is 1.12. The molecule has 3 heterocycles. The number of Topliss-reactive ketones (excluding diaryl/α,β-unsaturated/α-hetero) is 1. The molecule has 0 saturated carbocycles. The van der Waals surface area contributed by atoms with E-state index in [2.05, 4.69) is 11.9 Å². The maximum absolute atomic E-state index is 13.3. The predicted molar refractivity (Wildman–Crippen MR) is 140 cm³/mol. The van der Waals surface area contributed by atoms with Gasteiger partial charge in [-0.1, -0.05) is 40.2 Å². The number of aryl methyl sites for hydroxylation is 2. The number of nitrogens with zero attached hydrogens (tertiary/aromatic N) is 2. The van der Waals surface area contributed by atoms with Gasteiger partial charge in [0.2, 0.25) is 0 Å². The van der Waals surface area contributed by atoms with Crippen LogP contribution in [0, 0.1) is 24.2 Å². The van der Waals surface area contributed by atoms with Crippen LogP contribution in [0.1, 0.15) is 84.2 Å². The first-order chi connectivity index (χ1) is 17.2. The third-order valence-corrected chi connectivity index (χ3v) is 8.91. The Labute approximate surface area is 219 Å². The van der Waals surface area contributed by atoms with Gasteiger partial charge < -0.3 is 24.3 Å². The number of carbonyl (C=O) groups excluding carboxylic acids is 2. The molecule has 8 heteroatoms. The molecule has 8 nitrogen and oxygen atoms in total. The van der Waals surface area contributed by atoms with Crippen LogP contribution in [0.25, 0.3) is 11.0 Å². The molecule has 0 spiro atoms. The minimum Gasteiger partial charge on any atom is -0.457 e. The highest BCUT2D eigenvalue weighted by Crippen LogP contribution is 2.46. The summed E-state index contributed by atoms with van der Waals surface area (Å²) in [5, 5.41) is 21.8. The summed E-state index contributed by atoms with van der Waals surface area (Å²) >= 11 is 0. The van der Waals surface area contributed by atoms with Crippen LogP contribution in [0.3, 0.4) is 0 Å². The minimum atomic E-state index is -1.24. The number of ketones is 1. The van der Waals surface area contributed by atoms with Crippen molar-refractivity contribution < 1.29 is 29.3 Å². The second-order valence-electron chi connectivity index (χ2n) is 12.1. The molecule has 2 N–H and O–H groups in total. The molecule has 0 bridgehead atoms. The number of rotatable bonds is 1. The number of benzene rings is 1. The van der Waals surface area contributed by atoms with Crippen molar-refractivity contribution in [2.75, 3.05) is 0 Å². The molecule has 0 aliphatic carbocycles. The Morgan fingerprint density at radius 1 is 1.14 bits per heavy atom. The number of esters is 1. The van der Waals surface area contributed by atoms with Crippen molar-refractivity contribution in [1.82, 2.24) is 9.55 Å². The molecule has 4 rings (SSSR count). The fourth-order valence-corrected chi connectivity index (χ4v) is 5.76. The highest BCUT2D eigenvalue weighted by Gasteiger charge is 2.53. The van der Waals surface area contributed by atoms with Gasteiger partial charge in [0.1, 0.15) is 17.7 Å². The number of carbonyl (C=O) groups is 2. The van der Waals surface area contributed by atoms with E-state index in [1.807, 2.05) is 43.7 Å². The summed E-state index contributed by atoms with van der Waals surface area (Å²) in [6.07, 6.45) is -0.0873. The van der Waals surface area contributed by atoms with Crippen molar-refractivity contribution in [2.24, 2.45) is 24.3 Å². The van der Waals surface area contributed by atoms with E-state index in [0.717, 1.165) is 41.7 Å². The molecule has 3 unspecified atom stereocenters. The van der Waals surface area contributed by atoms with Crippen LogP contribution in [0.5, 0.6) is 0 Å². The quantitative estimate of drug-likeness (QED) is 0.433. The molecule has 1 aromatic heterocycles. The monoisotopic (exact) mass is 514 g/mol. The van der Waals surface area contributed by atoms with E-state index >= 15 is 0 Å². The summed E-state index contributed by atoms with van der Waals surface area (Å²) in [6.45, 7) is 10.9. The van der Waals surface area contributed by atoms with Crippen molar-refractivity contribution in [1.29, 1.82) is 0 Å². The van der Waals surface area contributed by atoms with Crippen LogP contribution >= 0.6 is 0 Å². The Balaban J connectivity index is 1.63. The molecule has 7 atom stereocenters. The molecule has 2 fully saturated rings. The van der Waals surface area contributed by atoms with Crippen molar-refractivity contribution >= 4 is 22.8 Å². The lowest BCUT2D eigenvalue weighted by molar-refractivity contribution is -0.156. The summed E-state index contributed by atoms with van der Waals surface area (Å²) in [7, 11) is 1.96. The molecule has 37 heavy (non-hydrogen) atoms. The van der Waals surface area contributed by atoms with Gasteiger partial charge in [0.15, 0.2) is 0 Å². The molecule has 0 radical (unpaired) electrons. The smallest absolute Gasteiger partial charge is 0.309 e. The Morgan fingerprint density at radius 2 is 1.84 bits per heavy atom. The van der Waals surface area contributed by atoms with Crippen molar-refractivity contribution in [3.63, 3.8) is 0 Å². The van der Waals surface area contributed by atoms with Gasteiger partial charge in [-0.3, -0.25) is 9.59 Å². The number of epoxide rings is 1. The number of aliphatic hydroxyl groups excluding tert-OH is 2. The number of hydrogen-bond donors (Lipinski definition) is 2. The van der Waals surface area contributed by atoms with E-state index in [4.69, 9.17) is 9.47 Å². The van der Waals surface area contributed by atoms with E-state index in [9.17, 15) is 19.8 Å². The van der Waals surface area contributed by atoms with E-state index in [-0.39, 0.29) is 29.8 Å². The first-order valence-corrected chi connectivity index (χ1v) is 13.5. The van der Waals surface area contributed by atoms with Crippen molar-refractivity contribution in [3.05, 3.63) is 29.6 Å². The molecule has 2 aliphatic heterocycles. The number of imidazole rings is 1. The number of ether oxygens (including phenoxy) is 2. The number of aliphatic hydroxyl groups is 2. The van der Waals surface area contributed by atoms with E-state index < -0.39 is 35.6 Å². The number of cyclic esters (lactones) is 1. The van der Waals surface area contributed by atoms with Crippen molar-refractivity contribution in [2.45, 2.75) is 104 Å². The van der Waals surface area contributed by atoms with Gasteiger partial charge >= 0.3 is 5.97 Å². The van der Waals surface area contributed by atoms with Crippen LogP contribution in [-0.2, 0) is 26.1 Å². The lowest BCUT2D eigenvalue weighted by Gasteiger charge is -2.34. The molecule has 0 amide bonds. The summed E-state index contributed by atoms with van der Waals surface area (Å²) in [6, 6.07) is 5.89. The van der Waals surface area contributed by atoms with Gasteiger partial charge in [-0.2, -0.15) is 0 Å². The largest absolute Gasteiger partial charge is 0.457 e. The zero-order valence-electron chi connectivity index (χ0n) is 23.2. The van der Waals surface area contributed by atoms with Crippen LogP contribution < -0.4 is 0 Å². The van der Waals surface area contributed by atoms with Crippen LogP contribution in [0.15, 0.2) is 18.2 Å². The SMILES string of the molecule is Cc1nc2cc([C@@H]3C[C@@H]4O[C@]4(C)CCCC(C)[C@H](O)C(C)C(=O)C(C)(C)C(O)CC(=O)O3)ccc2n1C. The van der Waals surface area contributed by atoms with Crippen LogP contribution in [-0.4, -0.2) is 55.4 Å². The second-order valence-corrected chi connectivity index (χ2v) is 12.1. The summed E-state index contributed by atoms with van der Waals surface area (Å²) < 4.78 is 14.1. The lowest BCUT2D eigenvalue weighted by Crippen LogP contribution is -2.45. The first kappa shape index (κ1) is 27.7. The topological polar surface area (TPSA) is 114 Å². The van der Waals surface area contributed by atoms with Crippen LogP contribution in [0.4, 0.5) is 0 Å². The van der Waals surface area contributed by atoms with E-state index in [1.165, 1.54) is 0 Å². The molecule has 2 aliphatic rings. The fourth-order valence-electron chi connectivity index (χ4n) is 5.76. The zero-order valence-corrected chi connectivity index (χ0v) is 23.2. The number of fused-ring (bicyclic) bond motifs is 2. The van der Waals surface area contributed by atoms with Gasteiger partial charge in [0, 0.05) is 19.4 Å². The van der Waals surface area contributed by atoms with Gasteiger partial charge in [-0.15, -0.1) is 0 Å². The Kier molecular flexibility index (Phi) is 7.58. The summed E-state index contributed by atoms with van der Waals surface area (Å²) in [5.74, 6) is -0.683. The Morgan fingerprint density at radius 3 is 2.54 bits per heavy atom. The first-order valence-electron chi connectivity index (χ1n) is 13.5. The predicted octanol–water partition coefficient (Wildman–Crippen LogP) is 4.18. The van der Waals surface area contributed by atoms with Crippen molar-refractivity contribution in [3.8, 4) is 0 Å². The molecular weight excluding hydrogens is 472 g/mol. The maximum Gasteiger partial charge on any atom is 0.309 e. The fraction of sp³-hybridized carbons (Fsp3) is 0.690. The Hall–Kier alpha value is -2.29. The third-order valence-electron chi connectivity index (χ3n) is 8.91. The van der Waals surface area contributed by atoms with E-state index in [1.54, 1.807) is 20.8 Å². The Bertz CT molecular complexity index is 1170. The minimum absolute atomic E-state index is 0.0681. The average molecular weight is 515 g/mol. The number of hydrogen-bond acceptors (Lipinski definition) is 7. The van der Waals surface area contributed by atoms with Gasteiger partial charge in [0.05, 0.1) is 46.8 Å². The zero-order chi connectivity index (χ0) is 27.3. The van der Waals surface area contributed by atoms with Gasteiger partial charge in [-0.05, 0) is 50.3 Å². The molecule has 2 saturated heterocycles. The molecule has 2 aromatic rings. The van der Waals surface area contributed by atoms with Gasteiger partial charge in [0.25, 0.3) is 0 Å². The highest BCUT2D eigenvalue weighted by molar-refractivity contribution is 5.88. The standard InChI is InChI=1S/C29H42N2O6/c1-16-9-8-12-29(6)24(37-29)14-22(19-10-11-21-20(13-19)30-18(3)31(21)7)36-25(33)15-23(32)28(4,5)27(35)17(2)26(16)34/h10-11,13,16-17,22-24,26,32,34H,8-9,12,14-15H2,1-7H3/t16?,17?,22-,23?,24-,26-,29+/m0/s1. The lowest BCUT2D eigenvalue weighted by atomic mass is 9.73. The van der Waals surface area contributed by atoms with Crippen LogP contribution in [0.2, 0.25) is 0 Å². The third kappa shape index (κ3) is 5.47. The normalized spacial score (nSPS) is 35.7. The highest BCUT2D eigenvalue weighted by atomic mass is 16.6. The summed E-state index contributed by atoms with van der Waals surface area (Å²) in [4.78, 5) is 31.0. The molecule has 204 valence electrons. The second kappa shape index (κ2) is 10.1. The van der Waals surface area contributed by atoms with Gasteiger partial charge in [-0.25, -0.2) is 4.98 Å².